The highest BCUT2D eigenvalue weighted by molar-refractivity contribution is 5.77. The topological polar surface area (TPSA) is 97.9 Å². The summed E-state index contributed by atoms with van der Waals surface area (Å²) in [5.41, 5.74) is -0.0812. The van der Waals surface area contributed by atoms with Gasteiger partial charge in [-0.05, 0) is 31.3 Å². The molecule has 0 aliphatic rings. The number of nitro groups is 1. The Labute approximate surface area is 151 Å². The molecular weight excluding hydrogens is 338 g/mol. The van der Waals surface area contributed by atoms with Crippen LogP contribution in [0.15, 0.2) is 47.1 Å². The fourth-order valence-electron chi connectivity index (χ4n) is 2.65. The highest BCUT2D eigenvalue weighted by Gasteiger charge is 2.21. The number of likely N-dealkylation sites (N-methyl/N-ethyl adjacent to an activating group) is 1. The van der Waals surface area contributed by atoms with E-state index in [0.29, 0.717) is 6.54 Å². The summed E-state index contributed by atoms with van der Waals surface area (Å²) in [6, 6.07) is 9.37. The summed E-state index contributed by atoms with van der Waals surface area (Å²) in [5.74, 6) is 0.759. The molecule has 0 bridgehead atoms. The number of nitrogens with one attached hydrogen (secondary N) is 1. The molecule has 0 aliphatic heterocycles. The maximum atomic E-state index is 12.1. The van der Waals surface area contributed by atoms with Gasteiger partial charge in [-0.3, -0.25) is 19.8 Å². The van der Waals surface area contributed by atoms with E-state index < -0.39 is 4.92 Å². The predicted octanol–water partition coefficient (Wildman–Crippen LogP) is 2.77. The smallest absolute Gasteiger partial charge is 0.273 e. The summed E-state index contributed by atoms with van der Waals surface area (Å²) in [7, 11) is 0. The Kier molecular flexibility index (Phi) is 7.16. The van der Waals surface area contributed by atoms with Gasteiger partial charge in [0.15, 0.2) is 6.61 Å². The Balaban J connectivity index is 1.90. The quantitative estimate of drug-likeness (QED) is 0.516. The normalized spacial score (nSPS) is 12.0. The average molecular weight is 361 g/mol. The van der Waals surface area contributed by atoms with Crippen LogP contribution in [0, 0.1) is 10.1 Å². The Morgan fingerprint density at radius 3 is 2.69 bits per heavy atom. The third-order valence-electron chi connectivity index (χ3n) is 4.02. The van der Waals surface area contributed by atoms with Crippen molar-refractivity contribution in [1.29, 1.82) is 0 Å². The van der Waals surface area contributed by atoms with Crippen molar-refractivity contribution in [3.63, 3.8) is 0 Å². The number of non-ortho nitro benzene ring substituents is 1. The highest BCUT2D eigenvalue weighted by atomic mass is 16.6. The summed E-state index contributed by atoms with van der Waals surface area (Å²) >= 11 is 0. The SMILES string of the molecule is CCN(CC)C(CNC(=O)COc1cccc([N+](=O)[O-])c1)c1ccco1. The number of ether oxygens (including phenoxy) is 1. The molecule has 0 radical (unpaired) electrons. The van der Waals surface area contributed by atoms with Crippen molar-refractivity contribution < 1.29 is 18.9 Å². The molecule has 140 valence electrons. The van der Waals surface area contributed by atoms with Crippen molar-refractivity contribution in [2.45, 2.75) is 19.9 Å². The Morgan fingerprint density at radius 2 is 2.08 bits per heavy atom. The highest BCUT2D eigenvalue weighted by Crippen LogP contribution is 2.21. The average Bonchev–Trinajstić information content (AvgIpc) is 3.18. The van der Waals surface area contributed by atoms with E-state index in [2.05, 4.69) is 10.2 Å². The van der Waals surface area contributed by atoms with Crippen LogP contribution in [0.5, 0.6) is 5.75 Å². The third kappa shape index (κ3) is 5.32. The first-order chi connectivity index (χ1) is 12.5. The van der Waals surface area contributed by atoms with Crippen LogP contribution in [-0.4, -0.2) is 42.0 Å². The second-order valence-electron chi connectivity index (χ2n) is 5.60. The number of hydrogen-bond acceptors (Lipinski definition) is 6. The number of benzene rings is 1. The number of carbonyl (C=O) groups is 1. The molecule has 2 aromatic rings. The second kappa shape index (κ2) is 9.57. The molecule has 2 rings (SSSR count). The lowest BCUT2D eigenvalue weighted by atomic mass is 10.2. The van der Waals surface area contributed by atoms with Gasteiger partial charge in [0.05, 0.1) is 23.3 Å². The van der Waals surface area contributed by atoms with Crippen molar-refractivity contribution in [2.24, 2.45) is 0 Å². The fourth-order valence-corrected chi connectivity index (χ4v) is 2.65. The molecule has 8 heteroatoms. The molecule has 26 heavy (non-hydrogen) atoms. The molecule has 0 saturated heterocycles. The summed E-state index contributed by atoms with van der Waals surface area (Å²) in [6.45, 7) is 5.90. The van der Waals surface area contributed by atoms with Gasteiger partial charge in [0, 0.05) is 12.6 Å². The van der Waals surface area contributed by atoms with Gasteiger partial charge in [-0.2, -0.15) is 0 Å². The number of carbonyl (C=O) groups excluding carboxylic acids is 1. The van der Waals surface area contributed by atoms with E-state index in [9.17, 15) is 14.9 Å². The van der Waals surface area contributed by atoms with Gasteiger partial charge in [0.1, 0.15) is 11.5 Å². The number of hydrogen-bond donors (Lipinski definition) is 1. The first-order valence-electron chi connectivity index (χ1n) is 8.46. The molecule has 1 amide bonds. The molecule has 1 heterocycles. The Hall–Kier alpha value is -2.87. The number of furan rings is 1. The van der Waals surface area contributed by atoms with E-state index in [1.54, 1.807) is 12.3 Å². The summed E-state index contributed by atoms with van der Waals surface area (Å²) in [5, 5.41) is 13.6. The van der Waals surface area contributed by atoms with Crippen LogP contribution in [0.4, 0.5) is 5.69 Å². The van der Waals surface area contributed by atoms with Gasteiger partial charge >= 0.3 is 0 Å². The molecular formula is C18H23N3O5. The van der Waals surface area contributed by atoms with Gasteiger partial charge in [-0.15, -0.1) is 0 Å². The lowest BCUT2D eigenvalue weighted by Crippen LogP contribution is -2.39. The zero-order valence-corrected chi connectivity index (χ0v) is 14.9. The van der Waals surface area contributed by atoms with E-state index in [1.807, 2.05) is 26.0 Å². The van der Waals surface area contributed by atoms with Crippen LogP contribution >= 0.6 is 0 Å². The monoisotopic (exact) mass is 361 g/mol. The van der Waals surface area contributed by atoms with Crippen LogP contribution < -0.4 is 10.1 Å². The summed E-state index contributed by atoms with van der Waals surface area (Å²) in [6.07, 6.45) is 1.61. The molecule has 0 fully saturated rings. The first-order valence-corrected chi connectivity index (χ1v) is 8.46. The van der Waals surface area contributed by atoms with Gasteiger partial charge in [-0.25, -0.2) is 0 Å². The first kappa shape index (κ1) is 19.5. The van der Waals surface area contributed by atoms with Crippen molar-refractivity contribution in [1.82, 2.24) is 10.2 Å². The largest absolute Gasteiger partial charge is 0.484 e. The summed E-state index contributed by atoms with van der Waals surface area (Å²) in [4.78, 5) is 24.5. The van der Waals surface area contributed by atoms with Gasteiger partial charge in [0.2, 0.25) is 0 Å². The predicted molar refractivity (Wildman–Crippen MR) is 96.0 cm³/mol. The van der Waals surface area contributed by atoms with Crippen LogP contribution in [0.1, 0.15) is 25.6 Å². The van der Waals surface area contributed by atoms with Gasteiger partial charge < -0.3 is 14.5 Å². The standard InChI is InChI=1S/C18H23N3O5/c1-3-20(4-2)16(17-9-6-10-25-17)12-19-18(22)13-26-15-8-5-7-14(11-15)21(23)24/h5-11,16H,3-4,12-13H2,1-2H3,(H,19,22). The maximum absolute atomic E-state index is 12.1. The second-order valence-corrected chi connectivity index (χ2v) is 5.60. The van der Waals surface area contributed by atoms with Crippen LogP contribution in [0.3, 0.4) is 0 Å². The molecule has 1 atom stereocenters. The van der Waals surface area contributed by atoms with E-state index in [0.717, 1.165) is 18.8 Å². The molecule has 1 N–H and O–H groups in total. The van der Waals surface area contributed by atoms with Crippen molar-refractivity contribution in [3.05, 3.63) is 58.5 Å². The van der Waals surface area contributed by atoms with E-state index in [1.165, 1.54) is 18.2 Å². The van der Waals surface area contributed by atoms with E-state index in [-0.39, 0.29) is 30.0 Å². The zero-order chi connectivity index (χ0) is 18.9. The fraction of sp³-hybridized carbons (Fsp3) is 0.389. The Bertz CT molecular complexity index is 713. The molecule has 0 spiro atoms. The number of nitro benzene ring substituents is 1. The third-order valence-corrected chi connectivity index (χ3v) is 4.02. The molecule has 1 unspecified atom stereocenters. The van der Waals surface area contributed by atoms with Crippen molar-refractivity contribution >= 4 is 11.6 Å². The molecule has 0 aliphatic carbocycles. The van der Waals surface area contributed by atoms with Crippen molar-refractivity contribution in [2.75, 3.05) is 26.2 Å². The minimum Gasteiger partial charge on any atom is -0.484 e. The minimum atomic E-state index is -0.509. The van der Waals surface area contributed by atoms with Crippen molar-refractivity contribution in [3.8, 4) is 5.75 Å². The number of rotatable bonds is 10. The van der Waals surface area contributed by atoms with E-state index >= 15 is 0 Å². The molecule has 1 aromatic heterocycles. The maximum Gasteiger partial charge on any atom is 0.273 e. The minimum absolute atomic E-state index is 0.0678. The number of amides is 1. The zero-order valence-electron chi connectivity index (χ0n) is 14.9. The lowest BCUT2D eigenvalue weighted by molar-refractivity contribution is -0.384. The molecule has 0 saturated carbocycles. The molecule has 1 aromatic carbocycles. The van der Waals surface area contributed by atoms with Crippen LogP contribution in [-0.2, 0) is 4.79 Å². The Morgan fingerprint density at radius 1 is 1.31 bits per heavy atom. The van der Waals surface area contributed by atoms with Crippen LogP contribution in [0.2, 0.25) is 0 Å². The van der Waals surface area contributed by atoms with Crippen LogP contribution in [0.25, 0.3) is 0 Å². The van der Waals surface area contributed by atoms with E-state index in [4.69, 9.17) is 9.15 Å². The summed E-state index contributed by atoms with van der Waals surface area (Å²) < 4.78 is 10.8. The van der Waals surface area contributed by atoms with Gasteiger partial charge in [-0.1, -0.05) is 19.9 Å². The molecule has 8 nitrogen and oxygen atoms in total. The van der Waals surface area contributed by atoms with Gasteiger partial charge in [0.25, 0.3) is 11.6 Å². The lowest BCUT2D eigenvalue weighted by Gasteiger charge is -2.28. The number of nitrogens with zero attached hydrogens (tertiary/aromatic N) is 2.